The maximum Gasteiger partial charge on any atom is 0.0478 e. The van der Waals surface area contributed by atoms with Gasteiger partial charge in [-0.15, -0.1) is 0 Å². The summed E-state index contributed by atoms with van der Waals surface area (Å²) in [6, 6.07) is 0. The fraction of sp³-hybridized carbons (Fsp3) is 1.00. The second kappa shape index (κ2) is 8.23. The van der Waals surface area contributed by atoms with Crippen LogP contribution in [0, 0.1) is 0 Å². The molecular weight excluding hydrogens is 236 g/mol. The van der Waals surface area contributed by atoms with E-state index < -0.39 is 0 Å². The van der Waals surface area contributed by atoms with Gasteiger partial charge < -0.3 is 15.0 Å². The summed E-state index contributed by atoms with van der Waals surface area (Å²) in [5, 5.41) is 3.86. The van der Waals surface area contributed by atoms with Crippen molar-refractivity contribution in [3.8, 4) is 0 Å². The molecule has 1 aliphatic heterocycles. The molecule has 1 heterocycles. The van der Waals surface area contributed by atoms with Crippen molar-refractivity contribution in [1.29, 1.82) is 0 Å². The van der Waals surface area contributed by atoms with Crippen molar-refractivity contribution in [2.24, 2.45) is 0 Å². The largest absolute Gasteiger partial charge is 0.381 e. The average molecular weight is 268 g/mol. The number of ether oxygens (including phenoxy) is 1. The Morgan fingerprint density at radius 1 is 1.11 bits per heavy atom. The van der Waals surface area contributed by atoms with Gasteiger partial charge in [0.25, 0.3) is 0 Å². The van der Waals surface area contributed by atoms with Gasteiger partial charge in [0.1, 0.15) is 0 Å². The lowest BCUT2D eigenvalue weighted by molar-refractivity contribution is 0.111. The van der Waals surface area contributed by atoms with E-state index in [4.69, 9.17) is 4.74 Å². The molecule has 1 aliphatic carbocycles. The van der Waals surface area contributed by atoms with Crippen molar-refractivity contribution in [3.05, 3.63) is 0 Å². The molecule has 0 radical (unpaired) electrons. The minimum absolute atomic E-state index is 0.443. The Hall–Kier alpha value is -0.120. The monoisotopic (exact) mass is 268 g/mol. The lowest BCUT2D eigenvalue weighted by Gasteiger charge is -2.40. The van der Waals surface area contributed by atoms with Crippen LogP contribution in [0.5, 0.6) is 0 Å². The fourth-order valence-electron chi connectivity index (χ4n) is 3.61. The Kier molecular flexibility index (Phi) is 6.62. The molecule has 0 atom stereocenters. The van der Waals surface area contributed by atoms with E-state index in [1.54, 1.807) is 0 Å². The van der Waals surface area contributed by atoms with Crippen LogP contribution in [0.25, 0.3) is 0 Å². The van der Waals surface area contributed by atoms with E-state index in [1.165, 1.54) is 71.1 Å². The van der Waals surface area contributed by atoms with E-state index in [-0.39, 0.29) is 0 Å². The standard InChI is InChI=1S/C16H32N2O/c1-2-13-19-14-7-12-18-11-6-10-17-16(15-18)8-4-3-5-9-16/h17H,2-15H2,1H3. The third-order valence-corrected chi connectivity index (χ3v) is 4.60. The summed E-state index contributed by atoms with van der Waals surface area (Å²) < 4.78 is 5.60. The SMILES string of the molecule is CCCOCCCN1CCCNC2(CCCCC2)C1. The molecule has 0 bridgehead atoms. The minimum Gasteiger partial charge on any atom is -0.381 e. The smallest absolute Gasteiger partial charge is 0.0478 e. The van der Waals surface area contributed by atoms with E-state index in [0.717, 1.165) is 19.6 Å². The normalized spacial score (nSPS) is 24.5. The van der Waals surface area contributed by atoms with Crippen molar-refractivity contribution in [2.75, 3.05) is 39.4 Å². The van der Waals surface area contributed by atoms with E-state index >= 15 is 0 Å². The number of hydrogen-bond acceptors (Lipinski definition) is 3. The van der Waals surface area contributed by atoms with Gasteiger partial charge in [0, 0.05) is 31.8 Å². The van der Waals surface area contributed by atoms with Gasteiger partial charge in [0.2, 0.25) is 0 Å². The Balaban J connectivity index is 1.73. The molecule has 1 N–H and O–H groups in total. The first kappa shape index (κ1) is 15.3. The quantitative estimate of drug-likeness (QED) is 0.750. The molecule has 2 aliphatic rings. The highest BCUT2D eigenvalue weighted by atomic mass is 16.5. The van der Waals surface area contributed by atoms with E-state index in [1.807, 2.05) is 0 Å². The topological polar surface area (TPSA) is 24.5 Å². The van der Waals surface area contributed by atoms with Crippen molar-refractivity contribution in [3.63, 3.8) is 0 Å². The molecule has 112 valence electrons. The first-order chi connectivity index (χ1) is 9.35. The molecule has 0 amide bonds. The Labute approximate surface area is 119 Å². The predicted molar refractivity (Wildman–Crippen MR) is 80.6 cm³/mol. The lowest BCUT2D eigenvalue weighted by atomic mass is 9.81. The fourth-order valence-corrected chi connectivity index (χ4v) is 3.61. The number of hydrogen-bond donors (Lipinski definition) is 1. The summed E-state index contributed by atoms with van der Waals surface area (Å²) in [6.07, 6.45) is 10.7. The highest BCUT2D eigenvalue weighted by molar-refractivity contribution is 4.95. The zero-order valence-electron chi connectivity index (χ0n) is 12.8. The molecule has 0 aromatic carbocycles. The summed E-state index contributed by atoms with van der Waals surface area (Å²) in [4.78, 5) is 2.68. The van der Waals surface area contributed by atoms with Crippen molar-refractivity contribution in [1.82, 2.24) is 10.2 Å². The number of nitrogens with zero attached hydrogens (tertiary/aromatic N) is 1. The molecule has 1 saturated heterocycles. The third-order valence-electron chi connectivity index (χ3n) is 4.60. The first-order valence-electron chi connectivity index (χ1n) is 8.40. The zero-order valence-corrected chi connectivity index (χ0v) is 12.8. The summed E-state index contributed by atoms with van der Waals surface area (Å²) in [5.41, 5.74) is 0.443. The van der Waals surface area contributed by atoms with Gasteiger partial charge >= 0.3 is 0 Å². The van der Waals surface area contributed by atoms with E-state index in [0.29, 0.717) is 5.54 Å². The molecule has 0 aromatic heterocycles. The van der Waals surface area contributed by atoms with Gasteiger partial charge in [-0.1, -0.05) is 26.2 Å². The van der Waals surface area contributed by atoms with Crippen LogP contribution >= 0.6 is 0 Å². The first-order valence-corrected chi connectivity index (χ1v) is 8.40. The number of nitrogens with one attached hydrogen (secondary N) is 1. The van der Waals surface area contributed by atoms with Crippen molar-refractivity contribution < 1.29 is 4.74 Å². The van der Waals surface area contributed by atoms with Gasteiger partial charge in [0.05, 0.1) is 0 Å². The van der Waals surface area contributed by atoms with Crippen LogP contribution in [0.4, 0.5) is 0 Å². The molecule has 1 spiro atoms. The molecular formula is C16H32N2O. The molecule has 3 nitrogen and oxygen atoms in total. The second-order valence-electron chi connectivity index (χ2n) is 6.36. The van der Waals surface area contributed by atoms with Crippen LogP contribution < -0.4 is 5.32 Å². The molecule has 0 unspecified atom stereocenters. The molecule has 3 heteroatoms. The van der Waals surface area contributed by atoms with Gasteiger partial charge in [-0.3, -0.25) is 0 Å². The van der Waals surface area contributed by atoms with Crippen LogP contribution in [0.1, 0.15) is 58.3 Å². The molecule has 2 rings (SSSR count). The highest BCUT2D eigenvalue weighted by Crippen LogP contribution is 2.30. The summed E-state index contributed by atoms with van der Waals surface area (Å²) in [7, 11) is 0. The molecule has 19 heavy (non-hydrogen) atoms. The lowest BCUT2D eigenvalue weighted by Crippen LogP contribution is -2.52. The molecule has 0 aromatic rings. The minimum atomic E-state index is 0.443. The van der Waals surface area contributed by atoms with Crippen LogP contribution in [0.2, 0.25) is 0 Å². The van der Waals surface area contributed by atoms with Crippen LogP contribution in [0.15, 0.2) is 0 Å². The summed E-state index contributed by atoms with van der Waals surface area (Å²) in [5.74, 6) is 0. The van der Waals surface area contributed by atoms with E-state index in [2.05, 4.69) is 17.1 Å². The highest BCUT2D eigenvalue weighted by Gasteiger charge is 2.34. The maximum absolute atomic E-state index is 5.60. The van der Waals surface area contributed by atoms with Gasteiger partial charge in [-0.05, 0) is 45.2 Å². The Bertz CT molecular complexity index is 239. The third kappa shape index (κ3) is 5.05. The zero-order chi connectivity index (χ0) is 13.4. The van der Waals surface area contributed by atoms with Crippen LogP contribution in [-0.4, -0.2) is 49.8 Å². The number of rotatable bonds is 6. The average Bonchev–Trinajstić information content (AvgIpc) is 2.62. The van der Waals surface area contributed by atoms with Gasteiger partial charge in [0.15, 0.2) is 0 Å². The second-order valence-corrected chi connectivity index (χ2v) is 6.36. The van der Waals surface area contributed by atoms with Crippen LogP contribution in [-0.2, 0) is 4.74 Å². The maximum atomic E-state index is 5.60. The predicted octanol–water partition coefficient (Wildman–Crippen LogP) is 2.80. The Morgan fingerprint density at radius 2 is 1.95 bits per heavy atom. The van der Waals surface area contributed by atoms with Gasteiger partial charge in [-0.2, -0.15) is 0 Å². The van der Waals surface area contributed by atoms with Crippen molar-refractivity contribution >= 4 is 0 Å². The molecule has 2 fully saturated rings. The van der Waals surface area contributed by atoms with Gasteiger partial charge in [-0.25, -0.2) is 0 Å². The van der Waals surface area contributed by atoms with Crippen LogP contribution in [0.3, 0.4) is 0 Å². The summed E-state index contributed by atoms with van der Waals surface area (Å²) in [6.45, 7) is 8.99. The summed E-state index contributed by atoms with van der Waals surface area (Å²) >= 11 is 0. The Morgan fingerprint density at radius 3 is 2.74 bits per heavy atom. The van der Waals surface area contributed by atoms with Crippen molar-refractivity contribution in [2.45, 2.75) is 63.8 Å². The van der Waals surface area contributed by atoms with E-state index in [9.17, 15) is 0 Å². The molecule has 1 saturated carbocycles.